The molecular weight excluding hydrogens is 725 g/mol. The van der Waals surface area contributed by atoms with Gasteiger partial charge < -0.3 is 13.4 Å². The van der Waals surface area contributed by atoms with E-state index in [1.165, 1.54) is 21.5 Å². The Balaban J connectivity index is 1.18. The third-order valence-electron chi connectivity index (χ3n) is 11.8. The zero-order valence-corrected chi connectivity index (χ0v) is 31.4. The van der Waals surface area contributed by atoms with Crippen LogP contribution in [0.1, 0.15) is 0 Å². The van der Waals surface area contributed by atoms with Crippen LogP contribution in [0.2, 0.25) is 0 Å². The fourth-order valence-electron chi connectivity index (χ4n) is 9.16. The summed E-state index contributed by atoms with van der Waals surface area (Å²) in [5, 5.41) is 10.9. The summed E-state index contributed by atoms with van der Waals surface area (Å²) in [6.45, 7) is 0. The van der Waals surface area contributed by atoms with Crippen molar-refractivity contribution >= 4 is 87.2 Å². The molecule has 13 rings (SSSR count). The van der Waals surface area contributed by atoms with Crippen LogP contribution in [0.15, 0.2) is 191 Å². The summed E-state index contributed by atoms with van der Waals surface area (Å²) in [5.74, 6) is 1.70. The van der Waals surface area contributed by atoms with Gasteiger partial charge in [0.15, 0.2) is 17.5 Å². The SMILES string of the molecule is c1ccc2cc3c(cc2c1)c1ccccc1n3-c1ccc2oc3ccccc3c2c1-c1nc(-c2ccc3oc4ccccc4c3c2)nc(-c2cccc3ccccc23)n1. The van der Waals surface area contributed by atoms with Crippen molar-refractivity contribution in [2.45, 2.75) is 0 Å². The van der Waals surface area contributed by atoms with Crippen LogP contribution in [-0.4, -0.2) is 19.5 Å². The second kappa shape index (κ2) is 12.2. The first kappa shape index (κ1) is 32.0. The van der Waals surface area contributed by atoms with Gasteiger partial charge >= 0.3 is 0 Å². The van der Waals surface area contributed by atoms with E-state index in [9.17, 15) is 0 Å². The molecule has 6 heteroatoms. The van der Waals surface area contributed by atoms with Crippen LogP contribution < -0.4 is 0 Å². The van der Waals surface area contributed by atoms with Crippen molar-refractivity contribution in [3.63, 3.8) is 0 Å². The molecule has 0 unspecified atom stereocenters. The minimum absolute atomic E-state index is 0.550. The molecule has 0 radical (unpaired) electrons. The zero-order valence-electron chi connectivity index (χ0n) is 31.4. The van der Waals surface area contributed by atoms with Crippen molar-refractivity contribution in [3.05, 3.63) is 182 Å². The molecule has 9 aromatic carbocycles. The highest BCUT2D eigenvalue weighted by molar-refractivity contribution is 6.17. The molecule has 0 spiro atoms. The van der Waals surface area contributed by atoms with E-state index in [0.29, 0.717) is 17.5 Å². The highest BCUT2D eigenvalue weighted by Gasteiger charge is 2.25. The Kier molecular flexibility index (Phi) is 6.63. The fourth-order valence-corrected chi connectivity index (χ4v) is 9.16. The molecule has 0 saturated heterocycles. The summed E-state index contributed by atoms with van der Waals surface area (Å²) in [7, 11) is 0. The Hall–Kier alpha value is -8.09. The van der Waals surface area contributed by atoms with Gasteiger partial charge in [0.1, 0.15) is 22.3 Å². The van der Waals surface area contributed by atoms with Crippen LogP contribution in [0, 0.1) is 0 Å². The maximum Gasteiger partial charge on any atom is 0.166 e. The molecule has 0 bridgehead atoms. The Labute approximate surface area is 336 Å². The van der Waals surface area contributed by atoms with E-state index in [0.717, 1.165) is 88.1 Å². The summed E-state index contributed by atoms with van der Waals surface area (Å²) in [4.78, 5) is 16.2. The highest BCUT2D eigenvalue weighted by Crippen LogP contribution is 2.44. The first-order valence-corrected chi connectivity index (χ1v) is 19.8. The average Bonchev–Trinajstić information content (AvgIpc) is 3.96. The van der Waals surface area contributed by atoms with Crippen molar-refractivity contribution in [1.82, 2.24) is 19.5 Å². The van der Waals surface area contributed by atoms with Crippen LogP contribution in [0.25, 0.3) is 127 Å². The Morgan fingerprint density at radius 3 is 1.83 bits per heavy atom. The van der Waals surface area contributed by atoms with Gasteiger partial charge in [0.25, 0.3) is 0 Å². The van der Waals surface area contributed by atoms with Crippen LogP contribution in [0.4, 0.5) is 0 Å². The lowest BCUT2D eigenvalue weighted by Gasteiger charge is -2.16. The molecule has 13 aromatic rings. The van der Waals surface area contributed by atoms with Crippen molar-refractivity contribution in [3.8, 4) is 39.9 Å². The topological polar surface area (TPSA) is 69.9 Å². The minimum atomic E-state index is 0.550. The van der Waals surface area contributed by atoms with E-state index in [4.69, 9.17) is 23.8 Å². The second-order valence-electron chi connectivity index (χ2n) is 15.1. The smallest absolute Gasteiger partial charge is 0.166 e. The van der Waals surface area contributed by atoms with E-state index in [-0.39, 0.29) is 0 Å². The first-order valence-electron chi connectivity index (χ1n) is 19.8. The molecule has 4 heterocycles. The van der Waals surface area contributed by atoms with Crippen LogP contribution >= 0.6 is 0 Å². The van der Waals surface area contributed by atoms with Gasteiger partial charge in [0, 0.05) is 43.4 Å². The summed E-state index contributed by atoms with van der Waals surface area (Å²) in [5.41, 5.74) is 9.01. The lowest BCUT2D eigenvalue weighted by atomic mass is 10.0. The fraction of sp³-hybridized carbons (Fsp3) is 0. The molecule has 0 saturated carbocycles. The Morgan fingerprint density at radius 1 is 0.356 bits per heavy atom. The molecule has 6 nitrogen and oxygen atoms in total. The lowest BCUT2D eigenvalue weighted by Crippen LogP contribution is -2.04. The van der Waals surface area contributed by atoms with E-state index in [1.54, 1.807) is 0 Å². The van der Waals surface area contributed by atoms with Crippen LogP contribution in [0.5, 0.6) is 0 Å². The van der Waals surface area contributed by atoms with Crippen LogP contribution in [-0.2, 0) is 0 Å². The van der Waals surface area contributed by atoms with Crippen molar-refractivity contribution in [1.29, 1.82) is 0 Å². The van der Waals surface area contributed by atoms with Gasteiger partial charge in [-0.2, -0.15) is 0 Å². The Bertz CT molecular complexity index is 3870. The number of hydrogen-bond acceptors (Lipinski definition) is 5. The number of fused-ring (bicyclic) bond motifs is 11. The van der Waals surface area contributed by atoms with Crippen molar-refractivity contribution < 1.29 is 8.83 Å². The molecule has 4 aromatic heterocycles. The molecule has 0 N–H and O–H groups in total. The number of hydrogen-bond donors (Lipinski definition) is 0. The van der Waals surface area contributed by atoms with Gasteiger partial charge in [0.05, 0.1) is 22.3 Å². The molecule has 0 aliphatic heterocycles. The van der Waals surface area contributed by atoms with Gasteiger partial charge in [-0.05, 0) is 82.2 Å². The number of rotatable bonds is 4. The highest BCUT2D eigenvalue weighted by atomic mass is 16.3. The number of nitrogens with zero attached hydrogens (tertiary/aromatic N) is 4. The van der Waals surface area contributed by atoms with Gasteiger partial charge in [-0.15, -0.1) is 0 Å². The van der Waals surface area contributed by atoms with E-state index in [1.807, 2.05) is 42.5 Å². The normalized spacial score (nSPS) is 12.1. The van der Waals surface area contributed by atoms with E-state index < -0.39 is 0 Å². The quantitative estimate of drug-likeness (QED) is 0.179. The molecule has 0 aliphatic carbocycles. The zero-order chi connectivity index (χ0) is 38.6. The predicted octanol–water partition coefficient (Wildman–Crippen LogP) is 14.1. The summed E-state index contributed by atoms with van der Waals surface area (Å²) < 4.78 is 15.2. The monoisotopic (exact) mass is 754 g/mol. The molecule has 274 valence electrons. The van der Waals surface area contributed by atoms with Crippen LogP contribution in [0.3, 0.4) is 0 Å². The lowest BCUT2D eigenvalue weighted by molar-refractivity contribution is 0.668. The number of furan rings is 2. The van der Waals surface area contributed by atoms with Crippen molar-refractivity contribution in [2.24, 2.45) is 0 Å². The van der Waals surface area contributed by atoms with Crippen molar-refractivity contribution in [2.75, 3.05) is 0 Å². The van der Waals surface area contributed by atoms with Gasteiger partial charge in [-0.3, -0.25) is 0 Å². The number of para-hydroxylation sites is 3. The van der Waals surface area contributed by atoms with Gasteiger partial charge in [-0.1, -0.05) is 121 Å². The standard InChI is InChI=1S/C53H30N4O2/c1-2-14-33-30-44-40(28-32(33)13-1)36-17-5-8-21-42(36)57(44)43-25-27-48-49(39-19-7-10-23-46(39)59-48)50(43)53-55-51(34-24-26-47-41(29-34)37-18-6-9-22-45(37)58-47)54-52(56-53)38-20-11-15-31-12-3-4-16-35(31)38/h1-30H. The maximum atomic E-state index is 6.60. The summed E-state index contributed by atoms with van der Waals surface area (Å²) in [6.07, 6.45) is 0. The Morgan fingerprint density at radius 2 is 0.966 bits per heavy atom. The summed E-state index contributed by atoms with van der Waals surface area (Å²) >= 11 is 0. The summed E-state index contributed by atoms with van der Waals surface area (Å²) in [6, 6.07) is 63.3. The average molecular weight is 755 g/mol. The molecule has 0 aliphatic rings. The molecule has 0 atom stereocenters. The molecule has 0 amide bonds. The van der Waals surface area contributed by atoms with E-state index >= 15 is 0 Å². The van der Waals surface area contributed by atoms with E-state index in [2.05, 4.69) is 144 Å². The largest absolute Gasteiger partial charge is 0.456 e. The predicted molar refractivity (Wildman–Crippen MR) is 240 cm³/mol. The number of benzene rings is 9. The number of aromatic nitrogens is 4. The first-order chi connectivity index (χ1) is 29.2. The third kappa shape index (κ3) is 4.77. The molecule has 59 heavy (non-hydrogen) atoms. The minimum Gasteiger partial charge on any atom is -0.456 e. The molecule has 0 fully saturated rings. The molecular formula is C53H30N4O2. The van der Waals surface area contributed by atoms with Gasteiger partial charge in [-0.25, -0.2) is 15.0 Å². The third-order valence-corrected chi connectivity index (χ3v) is 11.8. The second-order valence-corrected chi connectivity index (χ2v) is 15.1. The maximum absolute atomic E-state index is 6.60. The van der Waals surface area contributed by atoms with Gasteiger partial charge in [0.2, 0.25) is 0 Å².